The molecule has 0 radical (unpaired) electrons. The van der Waals surface area contributed by atoms with Crippen molar-refractivity contribution in [2.45, 2.75) is 6.54 Å². The van der Waals surface area contributed by atoms with Crippen molar-refractivity contribution in [2.75, 3.05) is 5.32 Å². The van der Waals surface area contributed by atoms with Crippen LogP contribution in [0.4, 0.5) is 5.69 Å². The maximum Gasteiger partial charge on any atom is 0.160 e. The molecular weight excluding hydrogens is 330 g/mol. The second kappa shape index (κ2) is 6.83. The SMILES string of the molecule is O=Cc1ccc(-c2ccc(NCc3ccc4ccccc4n3)cn2)s1. The molecule has 0 saturated heterocycles. The first-order valence-electron chi connectivity index (χ1n) is 7.92. The number of pyridine rings is 2. The van der Waals surface area contributed by atoms with E-state index in [9.17, 15) is 4.79 Å². The van der Waals surface area contributed by atoms with Crippen molar-refractivity contribution in [3.63, 3.8) is 0 Å². The van der Waals surface area contributed by atoms with E-state index in [0.717, 1.165) is 39.1 Å². The molecule has 0 amide bonds. The molecular formula is C20H15N3OS. The summed E-state index contributed by atoms with van der Waals surface area (Å²) in [6.45, 7) is 0.639. The Morgan fingerprint density at radius 3 is 2.72 bits per heavy atom. The standard InChI is InChI=1S/C20H15N3OS/c24-13-17-8-10-20(25-17)19-9-7-15(11-22-19)21-12-16-6-5-14-3-1-2-4-18(14)23-16/h1-11,13,21H,12H2. The fourth-order valence-corrected chi connectivity index (χ4v) is 3.40. The van der Waals surface area contributed by atoms with Gasteiger partial charge in [-0.25, -0.2) is 0 Å². The Morgan fingerprint density at radius 2 is 1.92 bits per heavy atom. The Morgan fingerprint density at radius 1 is 1.00 bits per heavy atom. The first kappa shape index (κ1) is 15.5. The molecule has 0 bridgehead atoms. The van der Waals surface area contributed by atoms with Gasteiger partial charge in [0.1, 0.15) is 0 Å². The summed E-state index contributed by atoms with van der Waals surface area (Å²) in [5.74, 6) is 0. The van der Waals surface area contributed by atoms with E-state index in [1.54, 1.807) is 6.20 Å². The molecule has 0 aliphatic heterocycles. The maximum absolute atomic E-state index is 10.8. The van der Waals surface area contributed by atoms with Crippen LogP contribution in [0.3, 0.4) is 0 Å². The van der Waals surface area contributed by atoms with E-state index in [1.165, 1.54) is 11.3 Å². The molecule has 1 aromatic carbocycles. The van der Waals surface area contributed by atoms with Gasteiger partial charge in [-0.3, -0.25) is 14.8 Å². The zero-order chi connectivity index (χ0) is 17.1. The summed E-state index contributed by atoms with van der Waals surface area (Å²) < 4.78 is 0. The lowest BCUT2D eigenvalue weighted by Gasteiger charge is -2.07. The van der Waals surface area contributed by atoms with Crippen LogP contribution >= 0.6 is 11.3 Å². The lowest BCUT2D eigenvalue weighted by atomic mass is 10.2. The number of carbonyl (C=O) groups is 1. The number of aldehydes is 1. The van der Waals surface area contributed by atoms with E-state index in [1.807, 2.05) is 48.5 Å². The first-order valence-corrected chi connectivity index (χ1v) is 8.73. The van der Waals surface area contributed by atoms with Crippen molar-refractivity contribution in [3.8, 4) is 10.6 Å². The first-order chi connectivity index (χ1) is 12.3. The van der Waals surface area contributed by atoms with Crippen LogP contribution in [-0.4, -0.2) is 16.3 Å². The predicted octanol–water partition coefficient (Wildman–Crippen LogP) is 4.78. The van der Waals surface area contributed by atoms with Gasteiger partial charge < -0.3 is 5.32 Å². The topological polar surface area (TPSA) is 54.9 Å². The summed E-state index contributed by atoms with van der Waals surface area (Å²) in [6, 6.07) is 19.9. The lowest BCUT2D eigenvalue weighted by molar-refractivity contribution is 0.112. The molecule has 4 rings (SSSR count). The van der Waals surface area contributed by atoms with Crippen molar-refractivity contribution in [1.82, 2.24) is 9.97 Å². The van der Waals surface area contributed by atoms with Crippen molar-refractivity contribution < 1.29 is 4.79 Å². The second-order valence-corrected chi connectivity index (χ2v) is 6.72. The van der Waals surface area contributed by atoms with Crippen LogP contribution < -0.4 is 5.32 Å². The van der Waals surface area contributed by atoms with Gasteiger partial charge in [0.15, 0.2) is 6.29 Å². The van der Waals surface area contributed by atoms with Gasteiger partial charge in [0, 0.05) is 5.39 Å². The Hall–Kier alpha value is -3.05. The summed E-state index contributed by atoms with van der Waals surface area (Å²) in [5.41, 5.74) is 3.79. The normalized spacial score (nSPS) is 10.7. The third kappa shape index (κ3) is 3.41. The number of aromatic nitrogens is 2. The maximum atomic E-state index is 10.8. The van der Waals surface area contributed by atoms with Crippen molar-refractivity contribution >= 4 is 34.2 Å². The molecule has 1 N–H and O–H groups in total. The molecule has 0 aliphatic rings. The van der Waals surface area contributed by atoms with Gasteiger partial charge in [0.25, 0.3) is 0 Å². The Balaban J connectivity index is 1.46. The zero-order valence-corrected chi connectivity index (χ0v) is 14.2. The lowest BCUT2D eigenvalue weighted by Crippen LogP contribution is -2.02. The zero-order valence-electron chi connectivity index (χ0n) is 13.3. The minimum atomic E-state index is 0.639. The molecule has 122 valence electrons. The number of fused-ring (bicyclic) bond motifs is 1. The van der Waals surface area contributed by atoms with Crippen LogP contribution in [0.2, 0.25) is 0 Å². The quantitative estimate of drug-likeness (QED) is 0.529. The number of nitrogens with one attached hydrogen (secondary N) is 1. The van der Waals surface area contributed by atoms with Crippen LogP contribution in [0.25, 0.3) is 21.5 Å². The summed E-state index contributed by atoms with van der Waals surface area (Å²) >= 11 is 1.44. The summed E-state index contributed by atoms with van der Waals surface area (Å²) in [6.07, 6.45) is 2.66. The highest BCUT2D eigenvalue weighted by Crippen LogP contribution is 2.26. The number of hydrogen-bond acceptors (Lipinski definition) is 5. The largest absolute Gasteiger partial charge is 0.378 e. The van der Waals surface area contributed by atoms with Crippen LogP contribution in [0.1, 0.15) is 15.4 Å². The minimum Gasteiger partial charge on any atom is -0.378 e. The molecule has 3 heterocycles. The fourth-order valence-electron chi connectivity index (χ4n) is 2.60. The van der Waals surface area contributed by atoms with Crippen LogP contribution in [0.15, 0.2) is 66.9 Å². The number of nitrogens with zero attached hydrogens (tertiary/aromatic N) is 2. The molecule has 25 heavy (non-hydrogen) atoms. The van der Waals surface area contributed by atoms with E-state index < -0.39 is 0 Å². The summed E-state index contributed by atoms with van der Waals surface area (Å²) in [5, 5.41) is 4.48. The number of hydrogen-bond donors (Lipinski definition) is 1. The number of carbonyl (C=O) groups excluding carboxylic acids is 1. The summed E-state index contributed by atoms with van der Waals surface area (Å²) in [4.78, 5) is 21.6. The van der Waals surface area contributed by atoms with E-state index in [0.29, 0.717) is 11.4 Å². The number of rotatable bonds is 5. The smallest absolute Gasteiger partial charge is 0.160 e. The van der Waals surface area contributed by atoms with Gasteiger partial charge in [-0.05, 0) is 36.4 Å². The van der Waals surface area contributed by atoms with Gasteiger partial charge in [-0.2, -0.15) is 0 Å². The number of benzene rings is 1. The van der Waals surface area contributed by atoms with Crippen LogP contribution in [0, 0.1) is 0 Å². The minimum absolute atomic E-state index is 0.639. The third-order valence-electron chi connectivity index (χ3n) is 3.89. The highest BCUT2D eigenvalue weighted by atomic mass is 32.1. The van der Waals surface area contributed by atoms with E-state index >= 15 is 0 Å². The molecule has 0 fully saturated rings. The van der Waals surface area contributed by atoms with Crippen molar-refractivity contribution in [2.24, 2.45) is 0 Å². The molecule has 4 nitrogen and oxygen atoms in total. The molecule has 0 saturated carbocycles. The highest BCUT2D eigenvalue weighted by molar-refractivity contribution is 7.17. The molecule has 0 aliphatic carbocycles. The average Bonchev–Trinajstić information content (AvgIpc) is 3.16. The van der Waals surface area contributed by atoms with Gasteiger partial charge in [0.05, 0.1) is 45.1 Å². The second-order valence-electron chi connectivity index (χ2n) is 5.60. The highest BCUT2D eigenvalue weighted by Gasteiger charge is 2.04. The number of anilines is 1. The number of thiophene rings is 1. The Labute approximate surface area is 149 Å². The van der Waals surface area contributed by atoms with Crippen molar-refractivity contribution in [1.29, 1.82) is 0 Å². The van der Waals surface area contributed by atoms with Gasteiger partial charge >= 0.3 is 0 Å². The molecule has 4 aromatic rings. The van der Waals surface area contributed by atoms with E-state index in [4.69, 9.17) is 0 Å². The molecule has 3 aromatic heterocycles. The molecule has 0 atom stereocenters. The van der Waals surface area contributed by atoms with Crippen molar-refractivity contribution in [3.05, 3.63) is 77.4 Å². The van der Waals surface area contributed by atoms with Crippen LogP contribution in [0.5, 0.6) is 0 Å². The Kier molecular flexibility index (Phi) is 4.23. The monoisotopic (exact) mass is 345 g/mol. The Bertz CT molecular complexity index is 1020. The third-order valence-corrected chi connectivity index (χ3v) is 4.92. The molecule has 0 spiro atoms. The summed E-state index contributed by atoms with van der Waals surface area (Å²) in [7, 11) is 0. The van der Waals surface area contributed by atoms with E-state index in [2.05, 4.69) is 27.4 Å². The number of para-hydroxylation sites is 1. The fraction of sp³-hybridized carbons (Fsp3) is 0.0500. The van der Waals surface area contributed by atoms with Crippen LogP contribution in [-0.2, 0) is 6.54 Å². The predicted molar refractivity (Wildman–Crippen MR) is 102 cm³/mol. The van der Waals surface area contributed by atoms with Gasteiger partial charge in [-0.15, -0.1) is 11.3 Å². The average molecular weight is 345 g/mol. The molecule has 0 unspecified atom stereocenters. The van der Waals surface area contributed by atoms with Gasteiger partial charge in [0.2, 0.25) is 0 Å². The molecule has 5 heteroatoms. The van der Waals surface area contributed by atoms with Gasteiger partial charge in [-0.1, -0.05) is 24.3 Å². The van der Waals surface area contributed by atoms with E-state index in [-0.39, 0.29) is 0 Å².